The first-order valence-corrected chi connectivity index (χ1v) is 8.40. The Morgan fingerprint density at radius 3 is 3.00 bits per heavy atom. The van der Waals surface area contributed by atoms with E-state index < -0.39 is 0 Å². The van der Waals surface area contributed by atoms with Crippen LogP contribution in [0.25, 0.3) is 11.3 Å². The first-order valence-electron chi connectivity index (χ1n) is 6.73. The molecule has 0 N–H and O–H groups in total. The van der Waals surface area contributed by atoms with Crippen LogP contribution in [0.2, 0.25) is 0 Å². The van der Waals surface area contributed by atoms with Gasteiger partial charge in [0.25, 0.3) is 0 Å². The summed E-state index contributed by atoms with van der Waals surface area (Å²) < 4.78 is 6.26. The molecule has 0 saturated carbocycles. The lowest BCUT2D eigenvalue weighted by Crippen LogP contribution is -2.24. The maximum atomic E-state index is 12.1. The minimum absolute atomic E-state index is 0.0204. The van der Waals surface area contributed by atoms with E-state index in [4.69, 9.17) is 4.52 Å². The molecule has 1 aromatic heterocycles. The van der Waals surface area contributed by atoms with Gasteiger partial charge in [0, 0.05) is 41.2 Å². The predicted molar refractivity (Wildman–Crippen MR) is 88.7 cm³/mol. The summed E-state index contributed by atoms with van der Waals surface area (Å²) in [5.41, 5.74) is 1.58. The van der Waals surface area contributed by atoms with E-state index in [1.165, 1.54) is 18.7 Å². The molecule has 1 saturated heterocycles. The van der Waals surface area contributed by atoms with Crippen molar-refractivity contribution in [3.63, 3.8) is 0 Å². The fourth-order valence-electron chi connectivity index (χ4n) is 2.38. The van der Waals surface area contributed by atoms with Crippen LogP contribution in [0, 0.1) is 0 Å². The topological polar surface area (TPSA) is 63.4 Å². The number of halogens is 1. The van der Waals surface area contributed by atoms with Crippen molar-refractivity contribution in [1.29, 1.82) is 0 Å². The second kappa shape index (κ2) is 6.26. The molecule has 1 aromatic carbocycles. The third-order valence-corrected chi connectivity index (χ3v) is 4.78. The van der Waals surface area contributed by atoms with Crippen molar-refractivity contribution in [3.05, 3.63) is 34.8 Å². The van der Waals surface area contributed by atoms with Gasteiger partial charge in [0.2, 0.25) is 11.8 Å². The molecule has 7 heteroatoms. The van der Waals surface area contributed by atoms with Gasteiger partial charge >= 0.3 is 0 Å². The van der Waals surface area contributed by atoms with Crippen LogP contribution in [0.3, 0.4) is 0 Å². The molecule has 0 radical (unpaired) electrons. The van der Waals surface area contributed by atoms with E-state index in [0.29, 0.717) is 24.5 Å². The van der Waals surface area contributed by atoms with Gasteiger partial charge in [0.1, 0.15) is 5.69 Å². The van der Waals surface area contributed by atoms with E-state index in [9.17, 15) is 9.59 Å². The van der Waals surface area contributed by atoms with Gasteiger partial charge in [-0.1, -0.05) is 45.0 Å². The third-order valence-electron chi connectivity index (χ3n) is 3.31. The van der Waals surface area contributed by atoms with Crippen molar-refractivity contribution in [2.45, 2.75) is 18.6 Å². The first-order chi connectivity index (χ1) is 10.5. The van der Waals surface area contributed by atoms with Gasteiger partial charge in [-0.25, -0.2) is 0 Å². The second-order valence-corrected chi connectivity index (χ2v) is 7.39. The van der Waals surface area contributed by atoms with E-state index in [-0.39, 0.29) is 16.3 Å². The predicted octanol–water partition coefficient (Wildman–Crippen LogP) is 3.49. The van der Waals surface area contributed by atoms with E-state index in [1.54, 1.807) is 11.0 Å². The standard InChI is InChI=1S/C15H13BrN2O3S/c1-9(19)22-12-6-14(20)18(8-12)15-7-13(17-21-15)10-3-2-4-11(16)5-10/h2-5,7,12H,6,8H2,1H3. The Balaban J connectivity index is 1.79. The molecule has 2 heterocycles. The molecular weight excluding hydrogens is 368 g/mol. The van der Waals surface area contributed by atoms with Crippen LogP contribution in [0.4, 0.5) is 5.88 Å². The first kappa shape index (κ1) is 15.3. The van der Waals surface area contributed by atoms with Crippen molar-refractivity contribution in [3.8, 4) is 11.3 Å². The number of aromatic nitrogens is 1. The molecule has 2 aromatic rings. The Labute approximate surface area is 140 Å². The van der Waals surface area contributed by atoms with Gasteiger partial charge < -0.3 is 4.52 Å². The highest BCUT2D eigenvalue weighted by Gasteiger charge is 2.34. The average molecular weight is 381 g/mol. The van der Waals surface area contributed by atoms with Crippen LogP contribution < -0.4 is 4.90 Å². The minimum atomic E-state index is -0.0457. The molecule has 0 aliphatic carbocycles. The van der Waals surface area contributed by atoms with Gasteiger partial charge in [-0.15, -0.1) is 0 Å². The smallest absolute Gasteiger partial charge is 0.234 e. The van der Waals surface area contributed by atoms with Gasteiger partial charge in [0.15, 0.2) is 5.12 Å². The van der Waals surface area contributed by atoms with Crippen LogP contribution in [-0.4, -0.2) is 28.0 Å². The number of carbonyl (C=O) groups excluding carboxylic acids is 2. The molecular formula is C15H13BrN2O3S. The summed E-state index contributed by atoms with van der Waals surface area (Å²) in [5.74, 6) is 0.377. The average Bonchev–Trinajstić information content (AvgIpc) is 3.05. The SMILES string of the molecule is CC(=O)SC1CC(=O)N(c2cc(-c3cccc(Br)c3)no2)C1. The number of benzene rings is 1. The lowest BCUT2D eigenvalue weighted by atomic mass is 10.1. The summed E-state index contributed by atoms with van der Waals surface area (Å²) in [6.45, 7) is 1.98. The van der Waals surface area contributed by atoms with Crippen molar-refractivity contribution in [2.75, 3.05) is 11.4 Å². The number of carbonyl (C=O) groups is 2. The van der Waals surface area contributed by atoms with E-state index in [1.807, 2.05) is 24.3 Å². The lowest BCUT2D eigenvalue weighted by molar-refractivity contribution is -0.117. The number of hydrogen-bond donors (Lipinski definition) is 0. The van der Waals surface area contributed by atoms with E-state index in [0.717, 1.165) is 10.0 Å². The fourth-order valence-corrected chi connectivity index (χ4v) is 3.70. The Morgan fingerprint density at radius 1 is 1.45 bits per heavy atom. The third kappa shape index (κ3) is 3.25. The largest absolute Gasteiger partial charge is 0.338 e. The van der Waals surface area contributed by atoms with Crippen LogP contribution in [0.5, 0.6) is 0 Å². The molecule has 1 aliphatic heterocycles. The minimum Gasteiger partial charge on any atom is -0.338 e. The molecule has 1 aliphatic rings. The number of hydrogen-bond acceptors (Lipinski definition) is 5. The highest BCUT2D eigenvalue weighted by molar-refractivity contribution is 9.10. The van der Waals surface area contributed by atoms with Crippen molar-refractivity contribution in [2.24, 2.45) is 0 Å². The maximum absolute atomic E-state index is 12.1. The fraction of sp³-hybridized carbons (Fsp3) is 0.267. The van der Waals surface area contributed by atoms with Gasteiger partial charge in [-0.05, 0) is 12.1 Å². The molecule has 1 atom stereocenters. The van der Waals surface area contributed by atoms with Gasteiger partial charge in [0.05, 0.1) is 0 Å². The molecule has 5 nitrogen and oxygen atoms in total. The lowest BCUT2D eigenvalue weighted by Gasteiger charge is -2.10. The molecule has 1 unspecified atom stereocenters. The van der Waals surface area contributed by atoms with Crippen LogP contribution in [0.15, 0.2) is 39.3 Å². The summed E-state index contributed by atoms with van der Waals surface area (Å²) in [6, 6.07) is 9.45. The Hall–Kier alpha value is -1.60. The Kier molecular flexibility index (Phi) is 4.35. The van der Waals surface area contributed by atoms with Gasteiger partial charge in [-0.3, -0.25) is 14.5 Å². The second-order valence-electron chi connectivity index (χ2n) is 5.00. The molecule has 3 rings (SSSR count). The van der Waals surface area contributed by atoms with E-state index in [2.05, 4.69) is 21.1 Å². The van der Waals surface area contributed by atoms with Crippen molar-refractivity contribution in [1.82, 2.24) is 5.16 Å². The number of thioether (sulfide) groups is 1. The van der Waals surface area contributed by atoms with E-state index >= 15 is 0 Å². The molecule has 22 heavy (non-hydrogen) atoms. The zero-order chi connectivity index (χ0) is 15.7. The Bertz CT molecular complexity index is 731. The molecule has 1 amide bonds. The molecule has 1 fully saturated rings. The summed E-state index contributed by atoms with van der Waals surface area (Å²) in [4.78, 5) is 24.8. The number of amides is 1. The Morgan fingerprint density at radius 2 is 2.27 bits per heavy atom. The number of anilines is 1. The quantitative estimate of drug-likeness (QED) is 0.815. The molecule has 114 valence electrons. The van der Waals surface area contributed by atoms with Crippen LogP contribution >= 0.6 is 27.7 Å². The summed E-state index contributed by atoms with van der Waals surface area (Å²) in [7, 11) is 0. The van der Waals surface area contributed by atoms with Crippen molar-refractivity contribution < 1.29 is 14.1 Å². The van der Waals surface area contributed by atoms with Gasteiger partial charge in [-0.2, -0.15) is 0 Å². The highest BCUT2D eigenvalue weighted by atomic mass is 79.9. The zero-order valence-corrected chi connectivity index (χ0v) is 14.2. The monoisotopic (exact) mass is 380 g/mol. The molecule has 0 bridgehead atoms. The summed E-state index contributed by atoms with van der Waals surface area (Å²) in [6.07, 6.45) is 0.344. The normalized spacial score (nSPS) is 18.0. The molecule has 0 spiro atoms. The number of nitrogens with zero attached hydrogens (tertiary/aromatic N) is 2. The maximum Gasteiger partial charge on any atom is 0.234 e. The van der Waals surface area contributed by atoms with Crippen molar-refractivity contribution >= 4 is 44.6 Å². The zero-order valence-electron chi connectivity index (χ0n) is 11.8. The summed E-state index contributed by atoms with van der Waals surface area (Å²) >= 11 is 4.61. The highest BCUT2D eigenvalue weighted by Crippen LogP contribution is 2.31. The number of rotatable bonds is 3. The van der Waals surface area contributed by atoms with Crippen LogP contribution in [-0.2, 0) is 9.59 Å². The van der Waals surface area contributed by atoms with Crippen LogP contribution in [0.1, 0.15) is 13.3 Å². The summed E-state index contributed by atoms with van der Waals surface area (Å²) in [5, 5.41) is 4.03.